The number of fused-ring (bicyclic) bond motifs is 6. The lowest BCUT2D eigenvalue weighted by Gasteiger charge is -2.30. The Morgan fingerprint density at radius 2 is 1.41 bits per heavy atom. The Hall–Kier alpha value is -5.86. The monoisotopic (exact) mass is 792 g/mol. The molecule has 3 aliphatic heterocycles. The SMILES string of the molecule is COC(=O)N[C@H](C(=O)N1CCCC1c1ncc(-c2ccc3c(c2)COc2cc4c(cc2-3)CCc2[nH]c([C@@H]3CCCN3C(=O)[C@@H](NC(=O)OC)C(C)C)nc2-4)[nH]1)C(C)C. The zero-order valence-electron chi connectivity index (χ0n) is 33.9. The largest absolute Gasteiger partial charge is 0.488 e. The number of carbonyl (C=O) groups excluding carboxylic acids is 4. The molecule has 0 spiro atoms. The summed E-state index contributed by atoms with van der Waals surface area (Å²) in [7, 11) is 2.59. The van der Waals surface area contributed by atoms with Gasteiger partial charge in [0.25, 0.3) is 0 Å². The molecule has 0 saturated carbocycles. The van der Waals surface area contributed by atoms with Gasteiger partial charge in [0.1, 0.15) is 36.1 Å². The average molecular weight is 793 g/mol. The summed E-state index contributed by atoms with van der Waals surface area (Å²) in [6.07, 6.45) is 5.45. The molecular weight excluding hydrogens is 741 g/mol. The average Bonchev–Trinajstić information content (AvgIpc) is 4.06. The molecule has 4 aliphatic rings. The lowest BCUT2D eigenvalue weighted by molar-refractivity contribution is -0.136. The van der Waals surface area contributed by atoms with Crippen molar-refractivity contribution in [2.24, 2.45) is 11.8 Å². The van der Waals surface area contributed by atoms with E-state index in [0.717, 1.165) is 101 Å². The van der Waals surface area contributed by atoms with Crippen LogP contribution in [0.25, 0.3) is 33.6 Å². The number of aryl methyl sites for hydroxylation is 2. The third-order valence-corrected chi connectivity index (χ3v) is 12.1. The Labute approximate surface area is 337 Å². The smallest absolute Gasteiger partial charge is 0.407 e. The molecule has 2 aromatic carbocycles. The number of methoxy groups -OCH3 is 2. The molecule has 5 heterocycles. The number of carbonyl (C=O) groups is 4. The van der Waals surface area contributed by atoms with Crippen molar-refractivity contribution in [3.8, 4) is 39.4 Å². The van der Waals surface area contributed by atoms with Gasteiger partial charge in [-0.3, -0.25) is 9.59 Å². The predicted octanol–water partition coefficient (Wildman–Crippen LogP) is 6.21. The van der Waals surface area contributed by atoms with E-state index in [-0.39, 0.29) is 35.7 Å². The van der Waals surface area contributed by atoms with Gasteiger partial charge in [0.2, 0.25) is 11.8 Å². The minimum absolute atomic E-state index is 0.111. The highest BCUT2D eigenvalue weighted by Gasteiger charge is 2.40. The van der Waals surface area contributed by atoms with Crippen molar-refractivity contribution in [3.63, 3.8) is 0 Å². The Morgan fingerprint density at radius 1 is 0.776 bits per heavy atom. The summed E-state index contributed by atoms with van der Waals surface area (Å²) >= 11 is 0. The fourth-order valence-corrected chi connectivity index (χ4v) is 8.97. The maximum absolute atomic E-state index is 13.8. The van der Waals surface area contributed by atoms with Crippen LogP contribution >= 0.6 is 0 Å². The minimum Gasteiger partial charge on any atom is -0.488 e. The van der Waals surface area contributed by atoms with E-state index in [2.05, 4.69) is 50.9 Å². The number of rotatable bonds is 9. The Bertz CT molecular complexity index is 2240. The first kappa shape index (κ1) is 39.0. The highest BCUT2D eigenvalue weighted by Crippen LogP contribution is 2.45. The van der Waals surface area contributed by atoms with E-state index < -0.39 is 24.3 Å². The van der Waals surface area contributed by atoms with Gasteiger partial charge in [-0.2, -0.15) is 0 Å². The molecule has 15 nitrogen and oxygen atoms in total. The molecule has 0 bridgehead atoms. The van der Waals surface area contributed by atoms with E-state index in [1.54, 1.807) is 0 Å². The van der Waals surface area contributed by atoms with Gasteiger partial charge in [-0.1, -0.05) is 39.8 Å². The first-order chi connectivity index (χ1) is 27.9. The molecular formula is C43H52N8O7. The van der Waals surface area contributed by atoms with Crippen molar-refractivity contribution in [1.29, 1.82) is 0 Å². The van der Waals surface area contributed by atoms with Gasteiger partial charge in [0.05, 0.1) is 43.9 Å². The fourth-order valence-electron chi connectivity index (χ4n) is 8.97. The predicted molar refractivity (Wildman–Crippen MR) is 214 cm³/mol. The standard InChI is InChI=1S/C43H52N8O7/c1-22(2)35(48-42(54)56-5)40(52)50-15-7-9-32(50)38-44-20-31(46-38)25-11-13-27-26(17-25)21-58-34-19-28-24(18-29(27)34)12-14-30-37(28)47-39(45-30)33-10-8-16-51(33)41(53)36(23(3)4)49-43(55)57-6/h11,13,17-20,22-23,32-33,35-36H,7-10,12,14-16,21H2,1-6H3,(H,44,46)(H,45,47)(H,48,54)(H,49,55)/t32?,33-,35-,36-/m0/s1. The van der Waals surface area contributed by atoms with Crippen LogP contribution in [0.1, 0.15) is 93.9 Å². The third kappa shape index (κ3) is 7.15. The highest BCUT2D eigenvalue weighted by atomic mass is 16.5. The number of ether oxygens (including phenoxy) is 3. The van der Waals surface area contributed by atoms with Crippen LogP contribution in [0.5, 0.6) is 5.75 Å². The number of H-pyrrole nitrogens is 2. The lowest BCUT2D eigenvalue weighted by Crippen LogP contribution is -2.51. The number of aromatic nitrogens is 4. The number of hydrogen-bond donors (Lipinski definition) is 4. The van der Waals surface area contributed by atoms with Crippen molar-refractivity contribution >= 4 is 24.0 Å². The molecule has 15 heteroatoms. The maximum atomic E-state index is 13.8. The summed E-state index contributed by atoms with van der Waals surface area (Å²) in [6, 6.07) is 8.88. The summed E-state index contributed by atoms with van der Waals surface area (Å²) in [5, 5.41) is 5.43. The second-order valence-electron chi connectivity index (χ2n) is 16.4. The molecule has 4 N–H and O–H groups in total. The quantitative estimate of drug-likeness (QED) is 0.153. The van der Waals surface area contributed by atoms with E-state index >= 15 is 0 Å². The number of likely N-dealkylation sites (tertiary alicyclic amines) is 2. The number of nitrogens with one attached hydrogen (secondary N) is 4. The van der Waals surface area contributed by atoms with Crippen LogP contribution in [-0.4, -0.2) is 93.1 Å². The van der Waals surface area contributed by atoms with Gasteiger partial charge < -0.3 is 44.6 Å². The number of imidazole rings is 2. The van der Waals surface area contributed by atoms with E-state index in [0.29, 0.717) is 19.7 Å². The van der Waals surface area contributed by atoms with Crippen molar-refractivity contribution in [1.82, 2.24) is 40.4 Å². The molecule has 4 aromatic rings. The van der Waals surface area contributed by atoms with Crippen LogP contribution in [0.2, 0.25) is 0 Å². The second-order valence-corrected chi connectivity index (χ2v) is 16.4. The van der Waals surface area contributed by atoms with Gasteiger partial charge in [-0.25, -0.2) is 19.6 Å². The molecule has 2 fully saturated rings. The number of alkyl carbamates (subject to hydrolysis) is 2. The number of hydrogen-bond acceptors (Lipinski definition) is 9. The third-order valence-electron chi connectivity index (χ3n) is 12.1. The van der Waals surface area contributed by atoms with Gasteiger partial charge in [0.15, 0.2) is 0 Å². The summed E-state index contributed by atoms with van der Waals surface area (Å²) in [5.74, 6) is 1.79. The maximum Gasteiger partial charge on any atom is 0.407 e. The van der Waals surface area contributed by atoms with Crippen LogP contribution in [0.15, 0.2) is 36.5 Å². The van der Waals surface area contributed by atoms with Crippen molar-refractivity contribution in [2.45, 2.75) is 97.0 Å². The van der Waals surface area contributed by atoms with E-state index in [1.165, 1.54) is 19.8 Å². The molecule has 2 saturated heterocycles. The molecule has 8 rings (SSSR count). The molecule has 1 unspecified atom stereocenters. The second kappa shape index (κ2) is 15.8. The first-order valence-electron chi connectivity index (χ1n) is 20.3. The Balaban J connectivity index is 1.01. The Morgan fingerprint density at radius 3 is 2.03 bits per heavy atom. The van der Waals surface area contributed by atoms with Crippen LogP contribution in [-0.2, 0) is 38.5 Å². The fraction of sp³-hybridized carbons (Fsp3) is 0.488. The molecule has 4 amide bonds. The van der Waals surface area contributed by atoms with Crippen LogP contribution in [0, 0.1) is 11.8 Å². The topological polar surface area (TPSA) is 184 Å². The van der Waals surface area contributed by atoms with Gasteiger partial charge in [-0.15, -0.1) is 0 Å². The zero-order valence-corrected chi connectivity index (χ0v) is 33.9. The summed E-state index contributed by atoms with van der Waals surface area (Å²) in [5.41, 5.74) is 9.24. The summed E-state index contributed by atoms with van der Waals surface area (Å²) in [4.78, 5) is 72.1. The number of amides is 4. The van der Waals surface area contributed by atoms with E-state index in [9.17, 15) is 19.2 Å². The van der Waals surface area contributed by atoms with Crippen LogP contribution in [0.3, 0.4) is 0 Å². The van der Waals surface area contributed by atoms with Gasteiger partial charge in [0, 0.05) is 29.9 Å². The van der Waals surface area contributed by atoms with Crippen molar-refractivity contribution < 1.29 is 33.4 Å². The molecule has 0 radical (unpaired) electrons. The van der Waals surface area contributed by atoms with Crippen molar-refractivity contribution in [2.75, 3.05) is 27.3 Å². The van der Waals surface area contributed by atoms with Gasteiger partial charge >= 0.3 is 12.2 Å². The van der Waals surface area contributed by atoms with Gasteiger partial charge in [-0.05, 0) is 90.8 Å². The van der Waals surface area contributed by atoms with E-state index in [4.69, 9.17) is 24.2 Å². The molecule has 1 aliphatic carbocycles. The highest BCUT2D eigenvalue weighted by molar-refractivity contribution is 5.88. The summed E-state index contributed by atoms with van der Waals surface area (Å²) in [6.45, 7) is 9.22. The number of benzene rings is 2. The molecule has 2 aromatic heterocycles. The summed E-state index contributed by atoms with van der Waals surface area (Å²) < 4.78 is 16.0. The minimum atomic E-state index is -0.697. The Kier molecular flexibility index (Phi) is 10.6. The zero-order chi connectivity index (χ0) is 40.8. The number of nitrogens with zero attached hydrogens (tertiary/aromatic N) is 4. The number of aromatic amines is 2. The first-order valence-corrected chi connectivity index (χ1v) is 20.3. The van der Waals surface area contributed by atoms with Crippen molar-refractivity contribution in [3.05, 3.63) is 65.0 Å². The molecule has 306 valence electrons. The van der Waals surface area contributed by atoms with E-state index in [1.807, 2.05) is 43.7 Å². The lowest BCUT2D eigenvalue weighted by atomic mass is 9.86. The van der Waals surface area contributed by atoms with Crippen LogP contribution in [0.4, 0.5) is 9.59 Å². The normalized spacial score (nSPS) is 19.1. The van der Waals surface area contributed by atoms with Crippen LogP contribution < -0.4 is 15.4 Å². The molecule has 4 atom stereocenters. The molecule has 58 heavy (non-hydrogen) atoms.